The summed E-state index contributed by atoms with van der Waals surface area (Å²) < 4.78 is 0. The molecule has 0 saturated heterocycles. The average molecular weight is 291 g/mol. The van der Waals surface area contributed by atoms with Crippen LogP contribution in [0.1, 0.15) is 5.56 Å². The molecule has 96 valence electrons. The summed E-state index contributed by atoms with van der Waals surface area (Å²) in [6, 6.07) is 13.9. The lowest BCUT2D eigenvalue weighted by molar-refractivity contribution is 1.16. The molecule has 1 heterocycles. The third kappa shape index (κ3) is 2.55. The maximum absolute atomic E-state index is 6.00. The molecule has 0 bridgehead atoms. The summed E-state index contributed by atoms with van der Waals surface area (Å²) in [6.45, 7) is 0.732. The number of halogens is 2. The van der Waals surface area contributed by atoms with Gasteiger partial charge in [0.25, 0.3) is 0 Å². The number of fused-ring (bicyclic) bond motifs is 1. The Balaban J connectivity index is 1.82. The van der Waals surface area contributed by atoms with E-state index in [4.69, 9.17) is 23.2 Å². The maximum atomic E-state index is 6.00. The van der Waals surface area contributed by atoms with Crippen LogP contribution < -0.4 is 5.32 Å². The Morgan fingerprint density at radius 2 is 1.89 bits per heavy atom. The fourth-order valence-corrected chi connectivity index (χ4v) is 2.40. The highest BCUT2D eigenvalue weighted by molar-refractivity contribution is 6.42. The number of aromatic nitrogens is 1. The van der Waals surface area contributed by atoms with Gasteiger partial charge in [-0.05, 0) is 35.2 Å². The molecule has 4 heteroatoms. The molecule has 2 nitrogen and oxygen atoms in total. The highest BCUT2D eigenvalue weighted by Gasteiger charge is 2.03. The van der Waals surface area contributed by atoms with Crippen molar-refractivity contribution in [1.82, 2.24) is 4.98 Å². The van der Waals surface area contributed by atoms with Gasteiger partial charge in [-0.3, -0.25) is 0 Å². The van der Waals surface area contributed by atoms with Crippen molar-refractivity contribution in [2.45, 2.75) is 6.54 Å². The van der Waals surface area contributed by atoms with Crippen LogP contribution in [-0.4, -0.2) is 4.98 Å². The lowest BCUT2D eigenvalue weighted by Crippen LogP contribution is -2.00. The first-order valence-corrected chi connectivity index (χ1v) is 6.73. The lowest BCUT2D eigenvalue weighted by Gasteiger charge is -2.08. The van der Waals surface area contributed by atoms with Gasteiger partial charge in [0.1, 0.15) is 0 Å². The van der Waals surface area contributed by atoms with Gasteiger partial charge in [0.15, 0.2) is 0 Å². The summed E-state index contributed by atoms with van der Waals surface area (Å²) in [6.07, 6.45) is 1.95. The predicted molar refractivity (Wildman–Crippen MR) is 82.1 cm³/mol. The second kappa shape index (κ2) is 5.16. The molecule has 0 spiro atoms. The molecule has 0 atom stereocenters. The van der Waals surface area contributed by atoms with Crippen LogP contribution in [0.4, 0.5) is 5.69 Å². The molecule has 0 aliphatic carbocycles. The Hall–Kier alpha value is -1.64. The van der Waals surface area contributed by atoms with E-state index in [1.54, 1.807) is 6.07 Å². The second-order valence-electron chi connectivity index (χ2n) is 4.34. The molecule has 1 aromatic heterocycles. The Bertz CT molecular complexity index is 719. The van der Waals surface area contributed by atoms with Crippen LogP contribution in [0.5, 0.6) is 0 Å². The molecule has 2 N–H and O–H groups in total. The number of H-pyrrole nitrogens is 1. The summed E-state index contributed by atoms with van der Waals surface area (Å²) in [5.74, 6) is 0. The third-order valence-corrected chi connectivity index (χ3v) is 3.82. The van der Waals surface area contributed by atoms with Crippen LogP contribution in [0.25, 0.3) is 10.9 Å². The maximum Gasteiger partial charge on any atom is 0.0612 e. The van der Waals surface area contributed by atoms with Crippen LogP contribution in [0.3, 0.4) is 0 Å². The predicted octanol–water partition coefficient (Wildman–Crippen LogP) is 5.09. The van der Waals surface area contributed by atoms with Crippen LogP contribution in [0.2, 0.25) is 10.0 Å². The van der Waals surface area contributed by atoms with Gasteiger partial charge in [-0.1, -0.05) is 41.4 Å². The van der Waals surface area contributed by atoms with Gasteiger partial charge in [0.05, 0.1) is 15.6 Å². The zero-order valence-corrected chi connectivity index (χ0v) is 11.6. The summed E-state index contributed by atoms with van der Waals surface area (Å²) >= 11 is 11.9. The van der Waals surface area contributed by atoms with Crippen molar-refractivity contribution in [2.75, 3.05) is 5.32 Å². The molecule has 0 fully saturated rings. The van der Waals surface area contributed by atoms with E-state index in [1.807, 2.05) is 18.3 Å². The number of nitrogens with one attached hydrogen (secondary N) is 2. The average Bonchev–Trinajstić information content (AvgIpc) is 2.89. The standard InChI is InChI=1S/C15H12Cl2N2/c16-13-5-4-12(8-14(13)17)19-9-11-3-1-2-10-6-7-18-15(10)11/h1-8,18-19H,9H2. The zero-order valence-electron chi connectivity index (χ0n) is 10.1. The molecular weight excluding hydrogens is 279 g/mol. The molecule has 0 saturated carbocycles. The van der Waals surface area contributed by atoms with E-state index in [0.29, 0.717) is 10.0 Å². The van der Waals surface area contributed by atoms with E-state index < -0.39 is 0 Å². The van der Waals surface area contributed by atoms with E-state index in [1.165, 1.54) is 10.9 Å². The highest BCUT2D eigenvalue weighted by atomic mass is 35.5. The van der Waals surface area contributed by atoms with E-state index in [0.717, 1.165) is 17.7 Å². The molecule has 0 radical (unpaired) electrons. The monoisotopic (exact) mass is 290 g/mol. The normalized spacial score (nSPS) is 10.8. The van der Waals surface area contributed by atoms with Gasteiger partial charge in [-0.15, -0.1) is 0 Å². The Labute approximate surface area is 121 Å². The first-order chi connectivity index (χ1) is 9.24. The number of hydrogen-bond donors (Lipinski definition) is 2. The first-order valence-electron chi connectivity index (χ1n) is 5.98. The number of anilines is 1. The van der Waals surface area contributed by atoms with E-state index >= 15 is 0 Å². The fourth-order valence-electron chi connectivity index (χ4n) is 2.10. The largest absolute Gasteiger partial charge is 0.381 e. The number of para-hydroxylation sites is 1. The Morgan fingerprint density at radius 3 is 2.74 bits per heavy atom. The van der Waals surface area contributed by atoms with Crippen LogP contribution in [0, 0.1) is 0 Å². The summed E-state index contributed by atoms with van der Waals surface area (Å²) in [7, 11) is 0. The van der Waals surface area contributed by atoms with Crippen molar-refractivity contribution >= 4 is 39.8 Å². The van der Waals surface area contributed by atoms with Crippen molar-refractivity contribution in [3.63, 3.8) is 0 Å². The Kier molecular flexibility index (Phi) is 3.36. The van der Waals surface area contributed by atoms with Crippen molar-refractivity contribution in [1.29, 1.82) is 0 Å². The number of rotatable bonds is 3. The van der Waals surface area contributed by atoms with Gasteiger partial charge < -0.3 is 10.3 Å². The van der Waals surface area contributed by atoms with Gasteiger partial charge >= 0.3 is 0 Å². The van der Waals surface area contributed by atoms with Crippen molar-refractivity contribution in [3.05, 3.63) is 64.3 Å². The highest BCUT2D eigenvalue weighted by Crippen LogP contribution is 2.25. The third-order valence-electron chi connectivity index (χ3n) is 3.08. The van der Waals surface area contributed by atoms with Gasteiger partial charge in [0.2, 0.25) is 0 Å². The van der Waals surface area contributed by atoms with Crippen molar-refractivity contribution in [3.8, 4) is 0 Å². The molecule has 0 aliphatic rings. The number of hydrogen-bond acceptors (Lipinski definition) is 1. The topological polar surface area (TPSA) is 27.8 Å². The van der Waals surface area contributed by atoms with Gasteiger partial charge in [-0.2, -0.15) is 0 Å². The van der Waals surface area contributed by atoms with Crippen LogP contribution >= 0.6 is 23.2 Å². The molecule has 0 unspecified atom stereocenters. The van der Waals surface area contributed by atoms with Gasteiger partial charge in [0, 0.05) is 18.4 Å². The number of benzene rings is 2. The minimum absolute atomic E-state index is 0.560. The van der Waals surface area contributed by atoms with E-state index in [2.05, 4.69) is 34.6 Å². The number of aromatic amines is 1. The summed E-state index contributed by atoms with van der Waals surface area (Å²) in [5.41, 5.74) is 3.33. The molecule has 3 aromatic rings. The molecule has 2 aromatic carbocycles. The molecule has 0 aliphatic heterocycles. The SMILES string of the molecule is Clc1ccc(NCc2cccc3cc[nH]c23)cc1Cl. The molecule has 19 heavy (non-hydrogen) atoms. The first kappa shape index (κ1) is 12.4. The summed E-state index contributed by atoms with van der Waals surface area (Å²) in [4.78, 5) is 3.26. The minimum atomic E-state index is 0.560. The minimum Gasteiger partial charge on any atom is -0.381 e. The fraction of sp³-hybridized carbons (Fsp3) is 0.0667. The van der Waals surface area contributed by atoms with E-state index in [-0.39, 0.29) is 0 Å². The smallest absolute Gasteiger partial charge is 0.0612 e. The summed E-state index contributed by atoms with van der Waals surface area (Å²) in [5, 5.41) is 5.69. The lowest BCUT2D eigenvalue weighted by atomic mass is 10.1. The Morgan fingerprint density at radius 1 is 1.00 bits per heavy atom. The molecule has 3 rings (SSSR count). The quantitative estimate of drug-likeness (QED) is 0.691. The zero-order chi connectivity index (χ0) is 13.2. The van der Waals surface area contributed by atoms with Crippen molar-refractivity contribution < 1.29 is 0 Å². The van der Waals surface area contributed by atoms with Crippen molar-refractivity contribution in [2.24, 2.45) is 0 Å². The molecular formula is C15H12Cl2N2. The van der Waals surface area contributed by atoms with Gasteiger partial charge in [-0.25, -0.2) is 0 Å². The van der Waals surface area contributed by atoms with Crippen LogP contribution in [-0.2, 0) is 6.54 Å². The molecule has 0 amide bonds. The van der Waals surface area contributed by atoms with E-state index in [9.17, 15) is 0 Å². The second-order valence-corrected chi connectivity index (χ2v) is 5.16. The van der Waals surface area contributed by atoms with Crippen LogP contribution in [0.15, 0.2) is 48.7 Å².